The van der Waals surface area contributed by atoms with Gasteiger partial charge in [-0.25, -0.2) is 4.98 Å². The maximum atomic E-state index is 12.9. The minimum absolute atomic E-state index is 0.0237. The zero-order valence-electron chi connectivity index (χ0n) is 24.5. The Labute approximate surface area is 266 Å². The lowest BCUT2D eigenvalue weighted by atomic mass is 9.99. The summed E-state index contributed by atoms with van der Waals surface area (Å²) in [5, 5.41) is 27.8. The number of hydrogen-bond acceptors (Lipinski definition) is 9. The monoisotopic (exact) mass is 639 g/mol. The summed E-state index contributed by atoms with van der Waals surface area (Å²) >= 11 is 13.3. The van der Waals surface area contributed by atoms with Crippen molar-refractivity contribution in [2.75, 3.05) is 38.7 Å². The van der Waals surface area contributed by atoms with Crippen LogP contribution in [0.2, 0.25) is 10.0 Å². The van der Waals surface area contributed by atoms with Gasteiger partial charge in [0.05, 0.1) is 36.1 Å². The van der Waals surface area contributed by atoms with Gasteiger partial charge in [0.1, 0.15) is 23.7 Å². The number of carbonyl (C=O) groups is 1. The molecule has 2 aromatic carbocycles. The third kappa shape index (κ3) is 8.44. The zero-order valence-corrected chi connectivity index (χ0v) is 26.0. The van der Waals surface area contributed by atoms with Gasteiger partial charge in [-0.2, -0.15) is 0 Å². The summed E-state index contributed by atoms with van der Waals surface area (Å²) < 4.78 is 11.6. The lowest BCUT2D eigenvalue weighted by molar-refractivity contribution is 0.102. The van der Waals surface area contributed by atoms with Crippen LogP contribution in [0.25, 0.3) is 11.1 Å². The second kappa shape index (κ2) is 16.3. The molecule has 2 heterocycles. The fourth-order valence-electron chi connectivity index (χ4n) is 4.46. The molecular formula is C32H35Cl2N5O5. The number of carbonyl (C=O) groups excluding carboxylic acids is 1. The molecule has 10 nitrogen and oxygen atoms in total. The molecule has 12 heteroatoms. The molecule has 0 aliphatic carbocycles. The SMILES string of the molecule is COc1nc(COc2cccc(-c3cccc(NC(=O)c4ccc(CNCCO)cn4)c3Cl)c2C)c(Cl)cc1CNCCO. The highest BCUT2D eigenvalue weighted by Crippen LogP contribution is 2.38. The topological polar surface area (TPSA) is 138 Å². The van der Waals surface area contributed by atoms with Gasteiger partial charge in [-0.05, 0) is 47.9 Å². The molecule has 4 rings (SSSR count). The van der Waals surface area contributed by atoms with Gasteiger partial charge in [0.15, 0.2) is 0 Å². The Morgan fingerprint density at radius 3 is 2.39 bits per heavy atom. The van der Waals surface area contributed by atoms with E-state index < -0.39 is 0 Å². The number of aromatic nitrogens is 2. The van der Waals surface area contributed by atoms with E-state index in [0.29, 0.717) is 59.2 Å². The van der Waals surface area contributed by atoms with Crippen LogP contribution in [0.3, 0.4) is 0 Å². The molecule has 4 aromatic rings. The molecule has 0 aliphatic heterocycles. The van der Waals surface area contributed by atoms with E-state index in [1.165, 1.54) is 7.11 Å². The van der Waals surface area contributed by atoms with E-state index in [4.69, 9.17) is 42.9 Å². The minimum atomic E-state index is -0.386. The van der Waals surface area contributed by atoms with Crippen LogP contribution in [0.4, 0.5) is 5.69 Å². The summed E-state index contributed by atoms with van der Waals surface area (Å²) in [6.07, 6.45) is 1.62. The van der Waals surface area contributed by atoms with Crippen LogP contribution >= 0.6 is 23.2 Å². The average Bonchev–Trinajstić information content (AvgIpc) is 3.03. The summed E-state index contributed by atoms with van der Waals surface area (Å²) in [6.45, 7) is 4.02. The Bertz CT molecular complexity index is 1570. The predicted molar refractivity (Wildman–Crippen MR) is 172 cm³/mol. The van der Waals surface area contributed by atoms with Crippen LogP contribution in [0.15, 0.2) is 60.8 Å². The normalized spacial score (nSPS) is 11.0. The molecule has 1 amide bonds. The van der Waals surface area contributed by atoms with E-state index in [-0.39, 0.29) is 31.4 Å². The van der Waals surface area contributed by atoms with Crippen molar-refractivity contribution >= 4 is 34.8 Å². The van der Waals surface area contributed by atoms with E-state index in [0.717, 1.165) is 27.8 Å². The smallest absolute Gasteiger partial charge is 0.274 e. The Morgan fingerprint density at radius 2 is 1.68 bits per heavy atom. The molecule has 2 aromatic heterocycles. The number of anilines is 1. The highest BCUT2D eigenvalue weighted by Gasteiger charge is 2.17. The maximum Gasteiger partial charge on any atom is 0.274 e. The molecular weight excluding hydrogens is 605 g/mol. The number of rotatable bonds is 15. The first-order chi connectivity index (χ1) is 21.4. The second-order valence-electron chi connectivity index (χ2n) is 9.78. The number of amides is 1. The minimum Gasteiger partial charge on any atom is -0.487 e. The number of aliphatic hydroxyl groups excluding tert-OH is 2. The molecule has 232 valence electrons. The predicted octanol–water partition coefficient (Wildman–Crippen LogP) is 4.76. The number of methoxy groups -OCH3 is 1. The van der Waals surface area contributed by atoms with Crippen molar-refractivity contribution in [3.8, 4) is 22.8 Å². The summed E-state index contributed by atoms with van der Waals surface area (Å²) in [5.41, 5.74) is 5.30. The van der Waals surface area contributed by atoms with Crippen molar-refractivity contribution in [2.24, 2.45) is 0 Å². The quantitative estimate of drug-likeness (QED) is 0.117. The van der Waals surface area contributed by atoms with Gasteiger partial charge in [0, 0.05) is 43.5 Å². The van der Waals surface area contributed by atoms with E-state index in [1.54, 1.807) is 24.4 Å². The Balaban J connectivity index is 1.49. The van der Waals surface area contributed by atoms with Gasteiger partial charge in [0.25, 0.3) is 5.91 Å². The molecule has 0 unspecified atom stereocenters. The van der Waals surface area contributed by atoms with Crippen LogP contribution in [-0.2, 0) is 19.7 Å². The fraction of sp³-hybridized carbons (Fsp3) is 0.281. The molecule has 0 spiro atoms. The third-order valence-electron chi connectivity index (χ3n) is 6.75. The summed E-state index contributed by atoms with van der Waals surface area (Å²) in [7, 11) is 1.54. The van der Waals surface area contributed by atoms with E-state index in [2.05, 4.69) is 25.9 Å². The highest BCUT2D eigenvalue weighted by atomic mass is 35.5. The average molecular weight is 641 g/mol. The number of ether oxygens (including phenoxy) is 2. The van der Waals surface area contributed by atoms with Gasteiger partial charge in [-0.1, -0.05) is 53.5 Å². The van der Waals surface area contributed by atoms with Crippen molar-refractivity contribution < 1.29 is 24.5 Å². The molecule has 5 N–H and O–H groups in total. The van der Waals surface area contributed by atoms with Crippen LogP contribution in [0.1, 0.15) is 32.9 Å². The molecule has 0 bridgehead atoms. The number of pyridine rings is 2. The lowest BCUT2D eigenvalue weighted by Crippen LogP contribution is -2.18. The Morgan fingerprint density at radius 1 is 0.955 bits per heavy atom. The summed E-state index contributed by atoms with van der Waals surface area (Å²) in [5.74, 6) is 0.662. The molecule has 0 atom stereocenters. The maximum absolute atomic E-state index is 12.9. The van der Waals surface area contributed by atoms with Gasteiger partial charge < -0.3 is 35.6 Å². The second-order valence-corrected chi connectivity index (χ2v) is 10.6. The first-order valence-electron chi connectivity index (χ1n) is 14.0. The Hall–Kier alpha value is -3.77. The molecule has 44 heavy (non-hydrogen) atoms. The first-order valence-corrected chi connectivity index (χ1v) is 14.7. The van der Waals surface area contributed by atoms with Crippen molar-refractivity contribution in [3.05, 3.63) is 98.9 Å². The van der Waals surface area contributed by atoms with Crippen LogP contribution in [0.5, 0.6) is 11.6 Å². The number of aliphatic hydroxyl groups is 2. The highest BCUT2D eigenvalue weighted by molar-refractivity contribution is 6.36. The third-order valence-corrected chi connectivity index (χ3v) is 7.48. The molecule has 0 fully saturated rings. The van der Waals surface area contributed by atoms with Crippen LogP contribution in [-0.4, -0.2) is 59.5 Å². The van der Waals surface area contributed by atoms with E-state index in [1.807, 2.05) is 43.3 Å². The molecule has 0 aliphatic rings. The molecule has 0 saturated heterocycles. The standard InChI is InChI=1S/C32H35Cl2N5O5/c1-20-23(5-4-8-29(20)44-19-28-25(33)15-22(18-36-12-14-41)32(39-28)43-2)24-6-3-7-26(30(24)34)38-31(42)27-10-9-21(17-37-27)16-35-11-13-40/h3-10,15,17,35-36,40-41H,11-14,16,18-19H2,1-2H3,(H,38,42). The Kier molecular flexibility index (Phi) is 12.3. The van der Waals surface area contributed by atoms with Crippen molar-refractivity contribution in [1.82, 2.24) is 20.6 Å². The molecule has 0 radical (unpaired) electrons. The number of hydrogen-bond donors (Lipinski definition) is 5. The van der Waals surface area contributed by atoms with Crippen molar-refractivity contribution in [3.63, 3.8) is 0 Å². The van der Waals surface area contributed by atoms with E-state index >= 15 is 0 Å². The van der Waals surface area contributed by atoms with Gasteiger partial charge >= 0.3 is 0 Å². The van der Waals surface area contributed by atoms with Gasteiger partial charge in [-0.15, -0.1) is 0 Å². The molecule has 0 saturated carbocycles. The van der Waals surface area contributed by atoms with Crippen molar-refractivity contribution in [1.29, 1.82) is 0 Å². The van der Waals surface area contributed by atoms with E-state index in [9.17, 15) is 4.79 Å². The largest absolute Gasteiger partial charge is 0.487 e. The number of nitrogens with zero attached hydrogens (tertiary/aromatic N) is 2. The van der Waals surface area contributed by atoms with Crippen LogP contribution in [0, 0.1) is 6.92 Å². The van der Waals surface area contributed by atoms with Gasteiger partial charge in [-0.3, -0.25) is 9.78 Å². The summed E-state index contributed by atoms with van der Waals surface area (Å²) in [4.78, 5) is 21.7. The lowest BCUT2D eigenvalue weighted by Gasteiger charge is -2.16. The first kappa shape index (κ1) is 33.1. The fourth-order valence-corrected chi connectivity index (χ4v) is 4.96. The van der Waals surface area contributed by atoms with Gasteiger partial charge in [0.2, 0.25) is 5.88 Å². The number of nitrogens with one attached hydrogen (secondary N) is 3. The number of benzene rings is 2. The summed E-state index contributed by atoms with van der Waals surface area (Å²) in [6, 6.07) is 16.3. The van der Waals surface area contributed by atoms with Crippen LogP contribution < -0.4 is 25.4 Å². The van der Waals surface area contributed by atoms with Crippen molar-refractivity contribution in [2.45, 2.75) is 26.6 Å². The number of halogens is 2. The zero-order chi connectivity index (χ0) is 31.5.